The van der Waals surface area contributed by atoms with Crippen LogP contribution in [0.1, 0.15) is 56.6 Å². The van der Waals surface area contributed by atoms with Gasteiger partial charge in [-0.1, -0.05) is 32.0 Å². The first kappa shape index (κ1) is 24.0. The molecule has 7 heteroatoms. The second-order valence-corrected chi connectivity index (χ2v) is 9.90. The minimum Gasteiger partial charge on any atom is -0.497 e. The van der Waals surface area contributed by atoms with Crippen LogP contribution in [-0.4, -0.2) is 32.3 Å². The quantitative estimate of drug-likeness (QED) is 0.573. The van der Waals surface area contributed by atoms with E-state index >= 15 is 0 Å². The van der Waals surface area contributed by atoms with Crippen molar-refractivity contribution in [2.75, 3.05) is 20.5 Å². The molecule has 188 valence electrons. The van der Waals surface area contributed by atoms with E-state index in [1.54, 1.807) is 7.11 Å². The van der Waals surface area contributed by atoms with Crippen LogP contribution in [0.15, 0.2) is 65.0 Å². The van der Waals surface area contributed by atoms with Crippen LogP contribution in [0.2, 0.25) is 0 Å². The van der Waals surface area contributed by atoms with E-state index in [9.17, 15) is 9.59 Å². The summed E-state index contributed by atoms with van der Waals surface area (Å²) in [5.41, 5.74) is 4.53. The van der Waals surface area contributed by atoms with Gasteiger partial charge in [-0.25, -0.2) is 4.79 Å². The number of methoxy groups -OCH3 is 1. The Kier molecular flexibility index (Phi) is 6.48. The van der Waals surface area contributed by atoms with Gasteiger partial charge >= 0.3 is 5.97 Å². The van der Waals surface area contributed by atoms with Crippen molar-refractivity contribution in [1.29, 1.82) is 0 Å². The Morgan fingerprint density at radius 3 is 2.50 bits per heavy atom. The number of ether oxygens (including phenoxy) is 4. The number of hydrogen-bond donors (Lipinski definition) is 1. The van der Waals surface area contributed by atoms with Gasteiger partial charge in [-0.2, -0.15) is 0 Å². The summed E-state index contributed by atoms with van der Waals surface area (Å²) >= 11 is 0. The fourth-order valence-corrected chi connectivity index (χ4v) is 5.17. The molecule has 0 bridgehead atoms. The van der Waals surface area contributed by atoms with E-state index in [-0.39, 0.29) is 24.4 Å². The molecule has 5 rings (SSSR count). The lowest BCUT2D eigenvalue weighted by atomic mass is 9.71. The topological polar surface area (TPSA) is 83.1 Å². The molecule has 2 heterocycles. The number of carbonyl (C=O) groups is 2. The van der Waals surface area contributed by atoms with Gasteiger partial charge in [0, 0.05) is 29.3 Å². The van der Waals surface area contributed by atoms with Crippen LogP contribution < -0.4 is 19.5 Å². The molecule has 1 aliphatic carbocycles. The van der Waals surface area contributed by atoms with Crippen molar-refractivity contribution >= 4 is 11.8 Å². The number of hydrogen-bond acceptors (Lipinski definition) is 7. The lowest BCUT2D eigenvalue weighted by Crippen LogP contribution is -2.36. The van der Waals surface area contributed by atoms with Crippen LogP contribution in [0, 0.1) is 5.92 Å². The maximum Gasteiger partial charge on any atom is 0.336 e. The molecule has 0 spiro atoms. The highest BCUT2D eigenvalue weighted by Crippen LogP contribution is 2.47. The summed E-state index contributed by atoms with van der Waals surface area (Å²) in [5, 5.41) is 3.40. The lowest BCUT2D eigenvalue weighted by Gasteiger charge is -2.36. The largest absolute Gasteiger partial charge is 0.497 e. The number of allylic oxidation sites excluding steroid dienone is 3. The predicted octanol–water partition coefficient (Wildman–Crippen LogP) is 4.98. The Morgan fingerprint density at radius 2 is 1.78 bits per heavy atom. The van der Waals surface area contributed by atoms with Crippen LogP contribution in [-0.2, 0) is 14.3 Å². The number of ketones is 1. The van der Waals surface area contributed by atoms with Crippen molar-refractivity contribution in [1.82, 2.24) is 5.32 Å². The Hall–Kier alpha value is -3.74. The van der Waals surface area contributed by atoms with Gasteiger partial charge in [-0.3, -0.25) is 4.79 Å². The maximum absolute atomic E-state index is 13.7. The van der Waals surface area contributed by atoms with E-state index < -0.39 is 11.9 Å². The summed E-state index contributed by atoms with van der Waals surface area (Å²) in [5.74, 6) is 1.35. The summed E-state index contributed by atoms with van der Waals surface area (Å²) in [7, 11) is 1.64. The van der Waals surface area contributed by atoms with E-state index in [4.69, 9.17) is 18.9 Å². The average Bonchev–Trinajstić information content (AvgIpc) is 3.34. The molecular weight excluding hydrogens is 458 g/mol. The highest BCUT2D eigenvalue weighted by molar-refractivity contribution is 6.04. The van der Waals surface area contributed by atoms with Crippen molar-refractivity contribution < 1.29 is 28.5 Å². The maximum atomic E-state index is 13.7. The zero-order chi connectivity index (χ0) is 25.4. The predicted molar refractivity (Wildman–Crippen MR) is 134 cm³/mol. The summed E-state index contributed by atoms with van der Waals surface area (Å²) in [4.78, 5) is 27.1. The van der Waals surface area contributed by atoms with Crippen molar-refractivity contribution in [3.63, 3.8) is 0 Å². The lowest BCUT2D eigenvalue weighted by molar-refractivity contribution is -0.140. The highest BCUT2D eigenvalue weighted by atomic mass is 16.7. The van der Waals surface area contributed by atoms with Gasteiger partial charge in [0.1, 0.15) is 5.75 Å². The molecule has 2 atom stereocenters. The minimum absolute atomic E-state index is 0.0221. The minimum atomic E-state index is -0.542. The number of carbonyl (C=O) groups excluding carboxylic acids is 2. The third kappa shape index (κ3) is 4.45. The van der Waals surface area contributed by atoms with Gasteiger partial charge in [-0.05, 0) is 60.6 Å². The monoisotopic (exact) mass is 489 g/mol. The molecule has 0 amide bonds. The van der Waals surface area contributed by atoms with Crippen molar-refractivity contribution in [3.8, 4) is 17.2 Å². The van der Waals surface area contributed by atoms with Crippen LogP contribution in [0.25, 0.3) is 0 Å². The normalized spacial score (nSPS) is 20.9. The molecular formula is C29H31NO6. The van der Waals surface area contributed by atoms with Gasteiger partial charge in [0.15, 0.2) is 17.3 Å². The van der Waals surface area contributed by atoms with E-state index in [0.29, 0.717) is 47.8 Å². The van der Waals surface area contributed by atoms with Gasteiger partial charge in [0.25, 0.3) is 0 Å². The zero-order valence-corrected chi connectivity index (χ0v) is 21.1. The molecule has 0 saturated heterocycles. The Bertz CT molecular complexity index is 1260. The van der Waals surface area contributed by atoms with Crippen molar-refractivity contribution in [3.05, 3.63) is 76.1 Å². The number of Topliss-reactive ketones (excluding diaryl/α,β-unsaturated/α-hetero) is 1. The molecule has 0 unspecified atom stereocenters. The number of benzene rings is 2. The Morgan fingerprint density at radius 1 is 1.06 bits per heavy atom. The first-order valence-electron chi connectivity index (χ1n) is 12.3. The number of fused-ring (bicyclic) bond motifs is 1. The first-order valence-corrected chi connectivity index (χ1v) is 12.3. The fraction of sp³-hybridized carbons (Fsp3) is 0.379. The molecule has 3 aliphatic rings. The third-order valence-corrected chi connectivity index (χ3v) is 6.91. The SMILES string of the molecule is COc1ccc([C@@H]2CC(=O)C3=C(C2)NC(C)=C(C(=O)OCC(C)C)[C@@H]3c2ccc3c(c2)OCO3)cc1. The first-order chi connectivity index (χ1) is 17.4. The van der Waals surface area contributed by atoms with Crippen LogP contribution in [0.3, 0.4) is 0 Å². The molecule has 2 aliphatic heterocycles. The molecule has 0 aromatic heterocycles. The van der Waals surface area contributed by atoms with Gasteiger partial charge < -0.3 is 24.3 Å². The molecule has 0 saturated carbocycles. The summed E-state index contributed by atoms with van der Waals surface area (Å²) in [6, 6.07) is 13.5. The molecule has 2 aromatic carbocycles. The number of dihydropyridines is 1. The summed E-state index contributed by atoms with van der Waals surface area (Å²) in [6.07, 6.45) is 1.03. The Labute approximate surface area is 211 Å². The van der Waals surface area contributed by atoms with Gasteiger partial charge in [0.2, 0.25) is 6.79 Å². The molecule has 0 radical (unpaired) electrons. The Balaban J connectivity index is 1.54. The number of rotatable bonds is 6. The highest BCUT2D eigenvalue weighted by Gasteiger charge is 2.42. The van der Waals surface area contributed by atoms with Crippen molar-refractivity contribution in [2.45, 2.75) is 45.4 Å². The molecule has 36 heavy (non-hydrogen) atoms. The number of esters is 1. The van der Waals surface area contributed by atoms with Gasteiger partial charge in [-0.15, -0.1) is 0 Å². The van der Waals surface area contributed by atoms with Crippen LogP contribution in [0.5, 0.6) is 17.2 Å². The molecule has 7 nitrogen and oxygen atoms in total. The second-order valence-electron chi connectivity index (χ2n) is 9.90. The van der Waals surface area contributed by atoms with E-state index in [2.05, 4.69) is 5.32 Å². The standard InChI is InChI=1S/C29H31NO6/c1-16(2)14-34-29(32)26-17(3)30-22-11-20(18-5-8-21(33-4)9-6-18)12-23(31)28(22)27(26)19-7-10-24-25(13-19)36-15-35-24/h5-10,13,16,20,27,30H,11-12,14-15H2,1-4H3/t20-,27-/m0/s1. The van der Waals surface area contributed by atoms with Crippen LogP contribution in [0.4, 0.5) is 0 Å². The van der Waals surface area contributed by atoms with Crippen LogP contribution >= 0.6 is 0 Å². The average molecular weight is 490 g/mol. The van der Waals surface area contributed by atoms with Gasteiger partial charge in [0.05, 0.1) is 19.3 Å². The van der Waals surface area contributed by atoms with E-state index in [0.717, 1.165) is 22.6 Å². The second kappa shape index (κ2) is 9.72. The van der Waals surface area contributed by atoms with Crippen molar-refractivity contribution in [2.24, 2.45) is 5.92 Å². The zero-order valence-electron chi connectivity index (χ0n) is 21.1. The third-order valence-electron chi connectivity index (χ3n) is 6.91. The molecule has 2 aromatic rings. The summed E-state index contributed by atoms with van der Waals surface area (Å²) in [6.45, 7) is 6.32. The molecule has 0 fully saturated rings. The van der Waals surface area contributed by atoms with E-state index in [1.165, 1.54) is 0 Å². The summed E-state index contributed by atoms with van der Waals surface area (Å²) < 4.78 is 22.0. The molecule has 1 N–H and O–H groups in total. The fourth-order valence-electron chi connectivity index (χ4n) is 5.17. The number of nitrogens with one attached hydrogen (secondary N) is 1. The van der Waals surface area contributed by atoms with E-state index in [1.807, 2.05) is 63.2 Å². The smallest absolute Gasteiger partial charge is 0.336 e.